The molecule has 0 fully saturated rings. The minimum atomic E-state index is -0.155. The van der Waals surface area contributed by atoms with Crippen molar-refractivity contribution in [3.05, 3.63) is 51.5 Å². The van der Waals surface area contributed by atoms with Gasteiger partial charge in [0, 0.05) is 29.9 Å². The molecule has 146 valence electrons. The number of anilines is 1. The zero-order valence-corrected chi connectivity index (χ0v) is 18.6. The fraction of sp³-hybridized carbons (Fsp3) is 0.318. The number of hydrogen-bond donors (Lipinski definition) is 0. The van der Waals surface area contributed by atoms with Crippen LogP contribution in [0, 0.1) is 11.6 Å². The molecule has 0 radical (unpaired) electrons. The minimum absolute atomic E-state index is 0.155. The molecule has 0 saturated heterocycles. The lowest BCUT2D eigenvalue weighted by molar-refractivity contribution is 0.355. The molecule has 1 aliphatic rings. The van der Waals surface area contributed by atoms with Crippen molar-refractivity contribution in [2.45, 2.75) is 26.3 Å². The average molecular weight is 413 g/mol. The van der Waals surface area contributed by atoms with Crippen LogP contribution in [0.25, 0.3) is 16.8 Å². The van der Waals surface area contributed by atoms with Gasteiger partial charge in [-0.05, 0) is 45.0 Å². The van der Waals surface area contributed by atoms with Crippen molar-refractivity contribution in [2.75, 3.05) is 26.2 Å². The number of methoxy groups -OCH3 is 2. The highest BCUT2D eigenvalue weighted by atomic mass is 32.1. The molecular formula is C22H24N2O2S2. The highest BCUT2D eigenvalue weighted by Crippen LogP contribution is 2.50. The summed E-state index contributed by atoms with van der Waals surface area (Å²) >= 11 is 7.68. The Morgan fingerprint density at radius 2 is 1.71 bits per heavy atom. The lowest BCUT2D eigenvalue weighted by Gasteiger charge is -2.42. The molecule has 6 heteroatoms. The number of aromatic nitrogens is 1. The SMILES string of the molecule is COc1ccc(-n2sc3c(c2=S)-c2cc(C)ccc2N(C)C3(C)C)cc1OC. The molecule has 4 nitrogen and oxygen atoms in total. The van der Waals surface area contributed by atoms with Gasteiger partial charge in [-0.2, -0.15) is 0 Å². The van der Waals surface area contributed by atoms with Crippen LogP contribution >= 0.6 is 23.8 Å². The van der Waals surface area contributed by atoms with E-state index >= 15 is 0 Å². The summed E-state index contributed by atoms with van der Waals surface area (Å²) in [5.74, 6) is 1.40. The lowest BCUT2D eigenvalue weighted by Crippen LogP contribution is -2.40. The van der Waals surface area contributed by atoms with Crippen molar-refractivity contribution < 1.29 is 9.47 Å². The molecule has 4 rings (SSSR count). The number of rotatable bonds is 3. The summed E-state index contributed by atoms with van der Waals surface area (Å²) in [6, 6.07) is 12.5. The molecule has 0 unspecified atom stereocenters. The van der Waals surface area contributed by atoms with E-state index < -0.39 is 0 Å². The van der Waals surface area contributed by atoms with Gasteiger partial charge in [0.05, 0.1) is 30.3 Å². The van der Waals surface area contributed by atoms with Gasteiger partial charge in [0.2, 0.25) is 0 Å². The predicted octanol–water partition coefficient (Wildman–Crippen LogP) is 5.95. The standard InChI is InChI=1S/C22H24N2O2S2/c1-13-7-9-16-15(11-13)19-20(22(2,3)23(16)4)28-24(21(19)27)14-8-10-17(25-5)18(12-14)26-6/h7-12H,1-6H3. The van der Waals surface area contributed by atoms with Crippen LogP contribution in [0.3, 0.4) is 0 Å². The van der Waals surface area contributed by atoms with Gasteiger partial charge in [-0.1, -0.05) is 35.4 Å². The van der Waals surface area contributed by atoms with Crippen molar-refractivity contribution in [2.24, 2.45) is 0 Å². The van der Waals surface area contributed by atoms with E-state index in [1.165, 1.54) is 21.7 Å². The zero-order valence-electron chi connectivity index (χ0n) is 17.0. The Morgan fingerprint density at radius 3 is 2.39 bits per heavy atom. The maximum atomic E-state index is 5.98. The fourth-order valence-corrected chi connectivity index (χ4v) is 5.48. The quantitative estimate of drug-likeness (QED) is 0.497. The fourth-order valence-electron chi connectivity index (χ4n) is 3.75. The average Bonchev–Trinajstić information content (AvgIpc) is 3.04. The number of benzene rings is 2. The molecule has 0 N–H and O–H groups in total. The van der Waals surface area contributed by atoms with E-state index in [-0.39, 0.29) is 5.54 Å². The number of ether oxygens (including phenoxy) is 2. The monoisotopic (exact) mass is 412 g/mol. The molecule has 0 atom stereocenters. The summed E-state index contributed by atoms with van der Waals surface area (Å²) in [5, 5.41) is 0. The van der Waals surface area contributed by atoms with Crippen molar-refractivity contribution >= 4 is 29.4 Å². The summed E-state index contributed by atoms with van der Waals surface area (Å²) in [7, 11) is 5.45. The second-order valence-electron chi connectivity index (χ2n) is 7.57. The van der Waals surface area contributed by atoms with Crippen LogP contribution in [-0.2, 0) is 5.54 Å². The first-order valence-corrected chi connectivity index (χ1v) is 10.3. The van der Waals surface area contributed by atoms with Gasteiger partial charge >= 0.3 is 0 Å². The molecule has 28 heavy (non-hydrogen) atoms. The molecule has 0 aliphatic carbocycles. The van der Waals surface area contributed by atoms with Gasteiger partial charge in [0.25, 0.3) is 0 Å². The van der Waals surface area contributed by atoms with Crippen LogP contribution in [0.5, 0.6) is 11.5 Å². The van der Waals surface area contributed by atoms with Crippen molar-refractivity contribution in [1.29, 1.82) is 0 Å². The predicted molar refractivity (Wildman–Crippen MR) is 119 cm³/mol. The zero-order chi connectivity index (χ0) is 20.2. The second kappa shape index (κ2) is 6.64. The first-order chi connectivity index (χ1) is 13.3. The largest absolute Gasteiger partial charge is 0.493 e. The van der Waals surface area contributed by atoms with Gasteiger partial charge in [0.15, 0.2) is 11.5 Å². The number of nitrogens with zero attached hydrogens (tertiary/aromatic N) is 2. The Balaban J connectivity index is 1.99. The van der Waals surface area contributed by atoms with Crippen LogP contribution in [-0.4, -0.2) is 25.2 Å². The van der Waals surface area contributed by atoms with E-state index in [0.717, 1.165) is 15.9 Å². The molecule has 0 saturated carbocycles. The smallest absolute Gasteiger partial charge is 0.162 e. The second-order valence-corrected chi connectivity index (χ2v) is 8.92. The third kappa shape index (κ3) is 2.66. The Bertz CT molecular complexity index is 1130. The van der Waals surface area contributed by atoms with Crippen molar-refractivity contribution in [1.82, 2.24) is 3.96 Å². The molecular weight excluding hydrogens is 388 g/mol. The Labute approximate surface area is 175 Å². The van der Waals surface area contributed by atoms with E-state index in [2.05, 4.69) is 54.9 Å². The van der Waals surface area contributed by atoms with Gasteiger partial charge in [-0.15, -0.1) is 0 Å². The lowest BCUT2D eigenvalue weighted by atomic mass is 9.87. The number of aryl methyl sites for hydroxylation is 1. The summed E-state index contributed by atoms with van der Waals surface area (Å²) < 4.78 is 13.8. The summed E-state index contributed by atoms with van der Waals surface area (Å²) in [6.45, 7) is 6.62. The van der Waals surface area contributed by atoms with E-state index in [1.807, 2.05) is 18.2 Å². The molecule has 2 heterocycles. The highest BCUT2D eigenvalue weighted by molar-refractivity contribution is 7.71. The van der Waals surface area contributed by atoms with Gasteiger partial charge in [-0.3, -0.25) is 3.96 Å². The van der Waals surface area contributed by atoms with Gasteiger partial charge < -0.3 is 14.4 Å². The minimum Gasteiger partial charge on any atom is -0.493 e. The van der Waals surface area contributed by atoms with Crippen molar-refractivity contribution in [3.8, 4) is 28.3 Å². The first-order valence-electron chi connectivity index (χ1n) is 9.13. The van der Waals surface area contributed by atoms with Crippen LogP contribution in [0.15, 0.2) is 36.4 Å². The van der Waals surface area contributed by atoms with E-state index in [9.17, 15) is 0 Å². The van der Waals surface area contributed by atoms with E-state index in [1.54, 1.807) is 25.8 Å². The number of hydrogen-bond acceptors (Lipinski definition) is 5. The van der Waals surface area contributed by atoms with Crippen molar-refractivity contribution in [3.63, 3.8) is 0 Å². The highest BCUT2D eigenvalue weighted by Gasteiger charge is 2.38. The Morgan fingerprint density at radius 1 is 1.00 bits per heavy atom. The van der Waals surface area contributed by atoms with Gasteiger partial charge in [0.1, 0.15) is 4.64 Å². The Hall–Kier alpha value is -2.31. The summed E-state index contributed by atoms with van der Waals surface area (Å²) in [6.07, 6.45) is 0. The third-order valence-electron chi connectivity index (χ3n) is 5.59. The van der Waals surface area contributed by atoms with Crippen LogP contribution in [0.4, 0.5) is 5.69 Å². The van der Waals surface area contributed by atoms with E-state index in [4.69, 9.17) is 21.7 Å². The Kier molecular flexibility index (Phi) is 4.51. The summed E-state index contributed by atoms with van der Waals surface area (Å²) in [5.41, 5.74) is 5.64. The summed E-state index contributed by atoms with van der Waals surface area (Å²) in [4.78, 5) is 3.61. The van der Waals surface area contributed by atoms with Crippen LogP contribution < -0.4 is 14.4 Å². The molecule has 3 aromatic rings. The molecule has 1 aromatic heterocycles. The molecule has 2 aromatic carbocycles. The van der Waals surface area contributed by atoms with Gasteiger partial charge in [-0.25, -0.2) is 0 Å². The molecule has 0 spiro atoms. The maximum absolute atomic E-state index is 5.98. The third-order valence-corrected chi connectivity index (χ3v) is 7.55. The van der Waals surface area contributed by atoms with Crippen LogP contribution in [0.2, 0.25) is 0 Å². The topological polar surface area (TPSA) is 26.6 Å². The maximum Gasteiger partial charge on any atom is 0.162 e. The molecule has 1 aliphatic heterocycles. The number of fused-ring (bicyclic) bond motifs is 3. The van der Waals surface area contributed by atoms with E-state index in [0.29, 0.717) is 11.5 Å². The van der Waals surface area contributed by atoms with Crippen LogP contribution in [0.1, 0.15) is 24.3 Å². The first kappa shape index (κ1) is 19.0. The molecule has 0 amide bonds. The molecule has 0 bridgehead atoms. The normalized spacial score (nSPS) is 14.4.